The molecule has 1 aromatic heterocycles. The molecule has 22 heavy (non-hydrogen) atoms. The largest absolute Gasteiger partial charge is 0.298 e. The molecule has 2 aromatic rings. The van der Waals surface area contributed by atoms with Gasteiger partial charge in [-0.05, 0) is 24.5 Å². The maximum Gasteiger partial charge on any atom is 0.181 e. The van der Waals surface area contributed by atoms with Crippen molar-refractivity contribution in [2.45, 2.75) is 19.9 Å². The summed E-state index contributed by atoms with van der Waals surface area (Å²) in [6.45, 7) is 5.95. The molecule has 0 bridgehead atoms. The molecular formula is C17H21ClN4. The van der Waals surface area contributed by atoms with Crippen LogP contribution in [-0.4, -0.2) is 45.2 Å². The molecule has 4 nitrogen and oxygen atoms in total. The van der Waals surface area contributed by atoms with Crippen molar-refractivity contribution in [2.75, 3.05) is 25.5 Å². The second-order valence-corrected chi connectivity index (χ2v) is 5.85. The molecule has 0 unspecified atom stereocenters. The Kier molecular flexibility index (Phi) is 4.90. The Morgan fingerprint density at radius 3 is 2.55 bits per heavy atom. The fourth-order valence-corrected chi connectivity index (χ4v) is 2.95. The van der Waals surface area contributed by atoms with E-state index in [-0.39, 0.29) is 0 Å². The maximum absolute atomic E-state index is 5.80. The second-order valence-electron chi connectivity index (χ2n) is 5.47. The average Bonchev–Trinajstić information content (AvgIpc) is 3.05. The van der Waals surface area contributed by atoms with Gasteiger partial charge < -0.3 is 0 Å². The number of halogens is 1. The molecule has 0 amide bonds. The third-order valence-corrected chi connectivity index (χ3v) is 4.24. The van der Waals surface area contributed by atoms with Gasteiger partial charge in [-0.3, -0.25) is 9.58 Å². The van der Waals surface area contributed by atoms with Gasteiger partial charge in [-0.15, -0.1) is 11.6 Å². The number of aryl methyl sites for hydroxylation is 1. The molecule has 0 spiro atoms. The van der Waals surface area contributed by atoms with E-state index in [4.69, 9.17) is 11.6 Å². The smallest absolute Gasteiger partial charge is 0.181 e. The molecule has 1 aromatic carbocycles. The summed E-state index contributed by atoms with van der Waals surface area (Å²) in [7, 11) is 0. The van der Waals surface area contributed by atoms with Gasteiger partial charge in [-0.25, -0.2) is 4.98 Å². The van der Waals surface area contributed by atoms with Crippen LogP contribution in [0.1, 0.15) is 18.9 Å². The van der Waals surface area contributed by atoms with Gasteiger partial charge in [0.05, 0.1) is 0 Å². The van der Waals surface area contributed by atoms with Crippen molar-refractivity contribution in [1.29, 1.82) is 0 Å². The summed E-state index contributed by atoms with van der Waals surface area (Å²) in [6, 6.07) is 8.56. The van der Waals surface area contributed by atoms with Gasteiger partial charge in [0, 0.05) is 37.6 Å². The number of hydrogen-bond donors (Lipinski definition) is 0. The monoisotopic (exact) mass is 316 g/mol. The standard InChI is InChI=1S/C17H21ClN4/c1-2-22-13-19-17(20-22)16-5-3-14(4-6-16)15-7-10-21(11-8-15)12-9-18/h3-7,13H,2,8-12H2,1H3. The number of hydrogen-bond acceptors (Lipinski definition) is 3. The molecule has 0 N–H and O–H groups in total. The zero-order valence-corrected chi connectivity index (χ0v) is 13.6. The van der Waals surface area contributed by atoms with Crippen LogP contribution >= 0.6 is 11.6 Å². The van der Waals surface area contributed by atoms with Crippen molar-refractivity contribution >= 4 is 17.2 Å². The van der Waals surface area contributed by atoms with E-state index in [0.29, 0.717) is 5.88 Å². The van der Waals surface area contributed by atoms with E-state index >= 15 is 0 Å². The lowest BCUT2D eigenvalue weighted by molar-refractivity contribution is 0.320. The van der Waals surface area contributed by atoms with E-state index in [1.54, 1.807) is 6.33 Å². The lowest BCUT2D eigenvalue weighted by atomic mass is 9.98. The molecule has 2 heterocycles. The van der Waals surface area contributed by atoms with Gasteiger partial charge in [0.15, 0.2) is 5.82 Å². The summed E-state index contributed by atoms with van der Waals surface area (Å²) in [5.74, 6) is 1.49. The highest BCUT2D eigenvalue weighted by Crippen LogP contribution is 2.24. The van der Waals surface area contributed by atoms with Crippen molar-refractivity contribution in [3.8, 4) is 11.4 Å². The van der Waals surface area contributed by atoms with Crippen LogP contribution in [0.2, 0.25) is 0 Å². The third-order valence-electron chi connectivity index (χ3n) is 4.07. The summed E-state index contributed by atoms with van der Waals surface area (Å²) in [6.07, 6.45) is 5.17. The van der Waals surface area contributed by atoms with Gasteiger partial charge in [0.2, 0.25) is 0 Å². The predicted octanol–water partition coefficient (Wildman–Crippen LogP) is 3.29. The van der Waals surface area contributed by atoms with Crippen molar-refractivity contribution < 1.29 is 0 Å². The molecule has 0 radical (unpaired) electrons. The number of alkyl halides is 1. The van der Waals surface area contributed by atoms with Crippen LogP contribution in [0.5, 0.6) is 0 Å². The zero-order chi connectivity index (χ0) is 15.4. The minimum absolute atomic E-state index is 0.704. The van der Waals surface area contributed by atoms with Gasteiger partial charge in [-0.1, -0.05) is 30.3 Å². The highest BCUT2D eigenvalue weighted by Gasteiger charge is 2.12. The fraction of sp³-hybridized carbons (Fsp3) is 0.412. The van der Waals surface area contributed by atoms with Crippen LogP contribution in [-0.2, 0) is 6.54 Å². The lowest BCUT2D eigenvalue weighted by Crippen LogP contribution is -2.30. The first-order valence-electron chi connectivity index (χ1n) is 7.77. The van der Waals surface area contributed by atoms with Gasteiger partial charge in [-0.2, -0.15) is 5.10 Å². The molecule has 0 aliphatic carbocycles. The quantitative estimate of drug-likeness (QED) is 0.794. The molecule has 0 saturated carbocycles. The highest BCUT2D eigenvalue weighted by atomic mass is 35.5. The Balaban J connectivity index is 1.72. The highest BCUT2D eigenvalue weighted by molar-refractivity contribution is 6.18. The molecular weight excluding hydrogens is 296 g/mol. The number of aromatic nitrogens is 3. The first-order chi connectivity index (χ1) is 10.8. The summed E-state index contributed by atoms with van der Waals surface area (Å²) in [4.78, 5) is 6.73. The van der Waals surface area contributed by atoms with Crippen LogP contribution in [0.25, 0.3) is 17.0 Å². The minimum atomic E-state index is 0.704. The molecule has 5 heteroatoms. The molecule has 1 aliphatic rings. The Labute approximate surface area is 136 Å². The third kappa shape index (κ3) is 3.39. The van der Waals surface area contributed by atoms with Crippen molar-refractivity contribution in [3.05, 3.63) is 42.2 Å². The Hall–Kier alpha value is -1.65. The number of benzene rings is 1. The first-order valence-corrected chi connectivity index (χ1v) is 8.31. The molecule has 0 atom stereocenters. The van der Waals surface area contributed by atoms with Gasteiger partial charge in [0.1, 0.15) is 6.33 Å². The summed E-state index contributed by atoms with van der Waals surface area (Å²) in [5.41, 5.74) is 3.78. The Bertz CT molecular complexity index is 645. The molecule has 3 rings (SSSR count). The van der Waals surface area contributed by atoms with Crippen LogP contribution in [0.3, 0.4) is 0 Å². The molecule has 116 valence electrons. The summed E-state index contributed by atoms with van der Waals surface area (Å²) in [5, 5.41) is 4.44. The lowest BCUT2D eigenvalue weighted by Gasteiger charge is -2.25. The van der Waals surface area contributed by atoms with Gasteiger partial charge >= 0.3 is 0 Å². The van der Waals surface area contributed by atoms with Gasteiger partial charge in [0.25, 0.3) is 0 Å². The van der Waals surface area contributed by atoms with Crippen LogP contribution in [0.4, 0.5) is 0 Å². The van der Waals surface area contributed by atoms with E-state index in [0.717, 1.165) is 44.0 Å². The van der Waals surface area contributed by atoms with Crippen molar-refractivity contribution in [3.63, 3.8) is 0 Å². The van der Waals surface area contributed by atoms with Crippen molar-refractivity contribution in [2.24, 2.45) is 0 Å². The van der Waals surface area contributed by atoms with E-state index in [1.165, 1.54) is 11.1 Å². The van der Waals surface area contributed by atoms with E-state index in [2.05, 4.69) is 52.2 Å². The maximum atomic E-state index is 5.80. The average molecular weight is 317 g/mol. The zero-order valence-electron chi connectivity index (χ0n) is 12.9. The van der Waals surface area contributed by atoms with E-state index in [1.807, 2.05) is 4.68 Å². The normalized spacial score (nSPS) is 15.8. The topological polar surface area (TPSA) is 34.0 Å². The number of rotatable bonds is 5. The summed E-state index contributed by atoms with van der Waals surface area (Å²) < 4.78 is 1.85. The predicted molar refractivity (Wildman–Crippen MR) is 90.9 cm³/mol. The second kappa shape index (κ2) is 7.07. The molecule has 0 saturated heterocycles. The van der Waals surface area contributed by atoms with Crippen LogP contribution in [0.15, 0.2) is 36.7 Å². The fourth-order valence-electron chi connectivity index (χ4n) is 2.71. The summed E-state index contributed by atoms with van der Waals surface area (Å²) >= 11 is 5.80. The minimum Gasteiger partial charge on any atom is -0.298 e. The number of nitrogens with zero attached hydrogens (tertiary/aromatic N) is 4. The molecule has 0 fully saturated rings. The Morgan fingerprint density at radius 2 is 1.95 bits per heavy atom. The SMILES string of the molecule is CCn1cnc(-c2ccc(C3=CCN(CCCl)CC3)cc2)n1. The first kappa shape index (κ1) is 15.3. The van der Waals surface area contributed by atoms with E-state index in [9.17, 15) is 0 Å². The van der Waals surface area contributed by atoms with E-state index < -0.39 is 0 Å². The van der Waals surface area contributed by atoms with Crippen LogP contribution in [0, 0.1) is 0 Å². The van der Waals surface area contributed by atoms with Crippen molar-refractivity contribution in [1.82, 2.24) is 19.7 Å². The molecule has 1 aliphatic heterocycles. The van der Waals surface area contributed by atoms with Crippen LogP contribution < -0.4 is 0 Å². The Morgan fingerprint density at radius 1 is 1.18 bits per heavy atom.